The molecule has 3 nitrogen and oxygen atoms in total. The van der Waals surface area contributed by atoms with Gasteiger partial charge in [-0.3, -0.25) is 0 Å². The summed E-state index contributed by atoms with van der Waals surface area (Å²) < 4.78 is 5.30. The molecular weight excluding hydrogens is 324 g/mol. The third kappa shape index (κ3) is 3.82. The number of hydrogen-bond donors (Lipinski definition) is 0. The Morgan fingerprint density at radius 1 is 1.31 bits per heavy atom. The normalized spacial score (nSPS) is 31.2. The maximum Gasteiger partial charge on any atom is 0.331 e. The second-order valence-corrected chi connectivity index (χ2v) is 7.96. The number of carbonyl (C=O) groups excluding carboxylic acids is 2. The van der Waals surface area contributed by atoms with E-state index in [4.69, 9.17) is 4.74 Å². The Balaban J connectivity index is 1.67. The van der Waals surface area contributed by atoms with E-state index in [0.717, 1.165) is 30.3 Å². The smallest absolute Gasteiger partial charge is 0.331 e. The first kappa shape index (κ1) is 18.6. The molecule has 1 saturated carbocycles. The highest BCUT2D eigenvalue weighted by molar-refractivity contribution is 5.83. The fourth-order valence-corrected chi connectivity index (χ4v) is 4.85. The molecule has 1 fully saturated rings. The second kappa shape index (κ2) is 8.03. The Morgan fingerprint density at radius 2 is 2.08 bits per heavy atom. The number of esters is 1. The molecule has 2 aliphatic carbocycles. The van der Waals surface area contributed by atoms with E-state index in [-0.39, 0.29) is 23.9 Å². The van der Waals surface area contributed by atoms with E-state index in [1.807, 2.05) is 30.3 Å². The molecule has 0 heterocycles. The molecule has 0 spiro atoms. The molecule has 0 saturated heterocycles. The minimum Gasteiger partial charge on any atom is -0.458 e. The van der Waals surface area contributed by atoms with Gasteiger partial charge >= 0.3 is 5.97 Å². The molecule has 0 N–H and O–H groups in total. The average Bonchev–Trinajstić information content (AvgIpc) is 2.65. The van der Waals surface area contributed by atoms with E-state index < -0.39 is 0 Å². The molecule has 4 atom stereocenters. The van der Waals surface area contributed by atoms with Crippen molar-refractivity contribution in [1.29, 1.82) is 0 Å². The van der Waals surface area contributed by atoms with Crippen LogP contribution in [0.4, 0.5) is 0 Å². The number of ether oxygens (including phenoxy) is 1. The van der Waals surface area contributed by atoms with Crippen molar-refractivity contribution in [2.24, 2.45) is 23.2 Å². The molecule has 2 aliphatic rings. The molecule has 138 valence electrons. The molecule has 0 amide bonds. The largest absolute Gasteiger partial charge is 0.458 e. The summed E-state index contributed by atoms with van der Waals surface area (Å²) >= 11 is 0. The zero-order valence-corrected chi connectivity index (χ0v) is 15.7. The average molecular weight is 352 g/mol. The summed E-state index contributed by atoms with van der Waals surface area (Å²) in [6, 6.07) is 9.62. The van der Waals surface area contributed by atoms with E-state index in [1.54, 1.807) is 6.08 Å². The Hall–Kier alpha value is -2.16. The van der Waals surface area contributed by atoms with Crippen LogP contribution in [0.3, 0.4) is 0 Å². The van der Waals surface area contributed by atoms with Crippen molar-refractivity contribution in [3.05, 3.63) is 59.7 Å². The highest BCUT2D eigenvalue weighted by Crippen LogP contribution is 2.54. The molecule has 1 aromatic carbocycles. The summed E-state index contributed by atoms with van der Waals surface area (Å²) in [5.41, 5.74) is 1.93. The Labute approximate surface area is 156 Å². The number of rotatable bonds is 5. The van der Waals surface area contributed by atoms with E-state index in [0.29, 0.717) is 11.8 Å². The molecule has 0 aromatic heterocycles. The first-order valence-electron chi connectivity index (χ1n) is 9.58. The molecule has 0 aliphatic heterocycles. The van der Waals surface area contributed by atoms with E-state index in [2.05, 4.69) is 19.9 Å². The fraction of sp³-hybridized carbons (Fsp3) is 0.478. The highest BCUT2D eigenvalue weighted by Gasteiger charge is 2.48. The first-order chi connectivity index (χ1) is 12.5. The van der Waals surface area contributed by atoms with Crippen LogP contribution in [-0.4, -0.2) is 12.3 Å². The minimum atomic E-state index is -0.372. The predicted molar refractivity (Wildman–Crippen MR) is 102 cm³/mol. The summed E-state index contributed by atoms with van der Waals surface area (Å²) in [4.78, 5) is 23.9. The number of carbonyl (C=O) groups is 2. The second-order valence-electron chi connectivity index (χ2n) is 7.96. The topological polar surface area (TPSA) is 43.4 Å². The monoisotopic (exact) mass is 352 g/mol. The SMILES string of the molecule is CC1CCCC2(C)C(C=O)C(/C=C/C(=O)OCc3ccccc3)=CCC12. The van der Waals surface area contributed by atoms with Crippen molar-refractivity contribution < 1.29 is 14.3 Å². The maximum absolute atomic E-state index is 12.0. The quantitative estimate of drug-likeness (QED) is 0.431. The number of hydrogen-bond acceptors (Lipinski definition) is 3. The van der Waals surface area contributed by atoms with E-state index >= 15 is 0 Å². The summed E-state index contributed by atoms with van der Waals surface area (Å²) in [6.45, 7) is 4.82. The van der Waals surface area contributed by atoms with Crippen molar-refractivity contribution in [1.82, 2.24) is 0 Å². The maximum atomic E-state index is 12.0. The Morgan fingerprint density at radius 3 is 2.81 bits per heavy atom. The van der Waals surface area contributed by atoms with Crippen LogP contribution in [0.2, 0.25) is 0 Å². The van der Waals surface area contributed by atoms with Crippen LogP contribution < -0.4 is 0 Å². The lowest BCUT2D eigenvalue weighted by Crippen LogP contribution is -2.45. The summed E-state index contributed by atoms with van der Waals surface area (Å²) in [7, 11) is 0. The zero-order chi connectivity index (χ0) is 18.6. The Bertz CT molecular complexity index is 703. The standard InChI is InChI=1S/C23H28O3/c1-17-7-6-14-23(2)20(17)12-10-19(21(23)15-24)11-13-22(25)26-16-18-8-4-3-5-9-18/h3-5,8-11,13,15,17,20-21H,6-7,12,14,16H2,1-2H3/b13-11+. The molecule has 0 bridgehead atoms. The lowest BCUT2D eigenvalue weighted by Gasteiger charge is -2.51. The van der Waals surface area contributed by atoms with Gasteiger partial charge in [0.15, 0.2) is 0 Å². The van der Waals surface area contributed by atoms with Gasteiger partial charge in [0, 0.05) is 12.0 Å². The molecular formula is C23H28O3. The van der Waals surface area contributed by atoms with Gasteiger partial charge in [-0.25, -0.2) is 4.79 Å². The lowest BCUT2D eigenvalue weighted by atomic mass is 9.53. The van der Waals surface area contributed by atoms with Gasteiger partial charge in [0.2, 0.25) is 0 Å². The van der Waals surface area contributed by atoms with Gasteiger partial charge in [0.05, 0.1) is 0 Å². The first-order valence-corrected chi connectivity index (χ1v) is 9.58. The minimum absolute atomic E-state index is 0.00177. The molecule has 3 heteroatoms. The van der Waals surface area contributed by atoms with Gasteiger partial charge in [-0.05, 0) is 41.2 Å². The van der Waals surface area contributed by atoms with Crippen LogP contribution in [0, 0.1) is 23.2 Å². The zero-order valence-electron chi connectivity index (χ0n) is 15.7. The number of aldehydes is 1. The van der Waals surface area contributed by atoms with Gasteiger partial charge in [0.25, 0.3) is 0 Å². The van der Waals surface area contributed by atoms with Crippen molar-refractivity contribution in [3.63, 3.8) is 0 Å². The van der Waals surface area contributed by atoms with Crippen molar-refractivity contribution in [2.75, 3.05) is 0 Å². The van der Waals surface area contributed by atoms with Gasteiger partial charge in [0.1, 0.15) is 12.9 Å². The molecule has 26 heavy (non-hydrogen) atoms. The van der Waals surface area contributed by atoms with Gasteiger partial charge in [-0.15, -0.1) is 0 Å². The number of fused-ring (bicyclic) bond motifs is 1. The molecule has 3 rings (SSSR count). The summed E-state index contributed by atoms with van der Waals surface area (Å²) in [5, 5.41) is 0. The summed E-state index contributed by atoms with van der Waals surface area (Å²) in [5.74, 6) is 0.688. The van der Waals surface area contributed by atoms with Crippen LogP contribution in [0.1, 0.15) is 45.1 Å². The lowest BCUT2D eigenvalue weighted by molar-refractivity contribution is -0.139. The fourth-order valence-electron chi connectivity index (χ4n) is 4.85. The van der Waals surface area contributed by atoms with Crippen molar-refractivity contribution in [2.45, 2.75) is 46.1 Å². The van der Waals surface area contributed by atoms with Crippen molar-refractivity contribution in [3.8, 4) is 0 Å². The number of benzene rings is 1. The highest BCUT2D eigenvalue weighted by atomic mass is 16.5. The Kier molecular flexibility index (Phi) is 5.75. The third-order valence-electron chi connectivity index (χ3n) is 6.36. The van der Waals surface area contributed by atoms with Crippen LogP contribution in [0.15, 0.2) is 54.1 Å². The van der Waals surface area contributed by atoms with Crippen LogP contribution in [0.25, 0.3) is 0 Å². The van der Waals surface area contributed by atoms with Gasteiger partial charge in [-0.1, -0.05) is 69.2 Å². The third-order valence-corrected chi connectivity index (χ3v) is 6.36. The van der Waals surface area contributed by atoms with Crippen LogP contribution in [0.5, 0.6) is 0 Å². The molecule has 0 radical (unpaired) electrons. The van der Waals surface area contributed by atoms with Gasteiger partial charge in [-0.2, -0.15) is 0 Å². The van der Waals surface area contributed by atoms with Crippen LogP contribution >= 0.6 is 0 Å². The van der Waals surface area contributed by atoms with Crippen LogP contribution in [-0.2, 0) is 20.9 Å². The van der Waals surface area contributed by atoms with E-state index in [9.17, 15) is 9.59 Å². The molecule has 4 unspecified atom stereocenters. The number of allylic oxidation sites excluding steroid dienone is 3. The van der Waals surface area contributed by atoms with Gasteiger partial charge < -0.3 is 9.53 Å². The predicted octanol–water partition coefficient (Wildman–Crippen LogP) is 4.87. The summed E-state index contributed by atoms with van der Waals surface area (Å²) in [6.07, 6.45) is 11.0. The molecule has 1 aromatic rings. The van der Waals surface area contributed by atoms with E-state index in [1.165, 1.54) is 18.9 Å². The van der Waals surface area contributed by atoms with Crippen molar-refractivity contribution >= 4 is 12.3 Å².